The molecule has 2 unspecified atom stereocenters. The lowest BCUT2D eigenvalue weighted by molar-refractivity contribution is -0.144. The van der Waals surface area contributed by atoms with Gasteiger partial charge in [-0.15, -0.1) is 0 Å². The topological polar surface area (TPSA) is 139 Å². The molecular weight excluding hydrogens is 765 g/mol. The third-order valence-corrected chi connectivity index (χ3v) is 14.4. The smallest absolute Gasteiger partial charge is 0.358 e. The van der Waals surface area contributed by atoms with Gasteiger partial charge in [-0.1, -0.05) is 97.1 Å². The van der Waals surface area contributed by atoms with Crippen LogP contribution in [-0.2, 0) is 27.8 Å². The largest absolute Gasteiger partial charge is 0.603 e. The molecule has 4 aromatic carbocycles. The summed E-state index contributed by atoms with van der Waals surface area (Å²) < 4.78 is 44.3. The van der Waals surface area contributed by atoms with Gasteiger partial charge >= 0.3 is 8.88 Å². The number of rotatable bonds is 6. The van der Waals surface area contributed by atoms with Crippen molar-refractivity contribution in [1.82, 2.24) is 8.47 Å². The Bertz CT molecular complexity index is 2880. The molecule has 8 heterocycles. The maximum atomic E-state index is 7.60. The number of ether oxygens (including phenoxy) is 4. The fourth-order valence-corrected chi connectivity index (χ4v) is 12.2. The molecule has 15 heteroatoms. The van der Waals surface area contributed by atoms with Gasteiger partial charge in [-0.3, -0.25) is 8.47 Å². The Balaban J connectivity index is 1.28. The van der Waals surface area contributed by atoms with Crippen LogP contribution in [0.3, 0.4) is 0 Å². The van der Waals surface area contributed by atoms with Gasteiger partial charge in [0.2, 0.25) is 0 Å². The van der Waals surface area contributed by atoms with E-state index >= 15 is 0 Å². The number of aliphatic imine (C=N–C) groups is 4. The Morgan fingerprint density at radius 2 is 0.881 bits per heavy atom. The molecule has 2 atom stereocenters. The lowest BCUT2D eigenvalue weighted by Gasteiger charge is -2.34. The lowest BCUT2D eigenvalue weighted by atomic mass is 10.1. The molecule has 6 aliphatic heterocycles. The molecule has 0 radical (unpaired) electrons. The van der Waals surface area contributed by atoms with Crippen molar-refractivity contribution in [3.63, 3.8) is 0 Å². The van der Waals surface area contributed by atoms with Crippen LogP contribution in [0.25, 0.3) is 21.5 Å². The summed E-state index contributed by atoms with van der Waals surface area (Å²) in [6, 6.07) is 32.3. The fourth-order valence-electron chi connectivity index (χ4n) is 8.83. The summed E-state index contributed by atoms with van der Waals surface area (Å²) in [7, 11) is -4.39. The Hall–Kier alpha value is -5.78. The Morgan fingerprint density at radius 3 is 1.27 bits per heavy atom. The first-order valence-corrected chi connectivity index (χ1v) is 21.5. The van der Waals surface area contributed by atoms with E-state index in [9.17, 15) is 0 Å². The predicted octanol–water partition coefficient (Wildman–Crippen LogP) is 5.71. The Kier molecular flexibility index (Phi) is 7.52. The second-order valence-electron chi connectivity index (χ2n) is 16.2. The van der Waals surface area contributed by atoms with Gasteiger partial charge in [0.1, 0.15) is 34.8 Å². The monoisotopic (exact) mass is 802 g/mol. The van der Waals surface area contributed by atoms with Crippen LogP contribution in [0.5, 0.6) is 0 Å². The molecule has 294 valence electrons. The van der Waals surface area contributed by atoms with Crippen molar-refractivity contribution in [2.24, 2.45) is 30.0 Å². The molecule has 14 nitrogen and oxygen atoms in total. The van der Waals surface area contributed by atoms with Gasteiger partial charge in [-0.25, -0.2) is 30.0 Å². The van der Waals surface area contributed by atoms with Crippen LogP contribution < -0.4 is 11.0 Å². The molecule has 6 bridgehead atoms. The van der Waals surface area contributed by atoms with E-state index in [0.29, 0.717) is 59.2 Å². The molecule has 2 saturated heterocycles. The number of fused-ring (bicyclic) bond motifs is 14. The number of benzene rings is 4. The van der Waals surface area contributed by atoms with Gasteiger partial charge in [0, 0.05) is 43.8 Å². The van der Waals surface area contributed by atoms with E-state index in [0.717, 1.165) is 43.8 Å². The average Bonchev–Trinajstić information content (AvgIpc) is 4.08. The van der Waals surface area contributed by atoms with Crippen molar-refractivity contribution >= 4 is 65.4 Å². The third kappa shape index (κ3) is 5.40. The van der Waals surface area contributed by atoms with Gasteiger partial charge < -0.3 is 27.8 Å². The normalized spacial score (nSPS) is 24.1. The SMILES string of the molecule is CC1(C)OCC(CO[Si]2(OCC3COC(C)(C)O3)n3c4c5ccccc5c3N=C3N=C(N=c5c6ccccc6c(n52)=NC2=NC(=N4)c4ccccc42)c2ccccc23)O1. The highest BCUT2D eigenvalue weighted by Gasteiger charge is 2.55. The number of hydrogen-bond acceptors (Lipinski definition) is 12. The highest BCUT2D eigenvalue weighted by atomic mass is 28.4. The van der Waals surface area contributed by atoms with Crippen LogP contribution in [0.15, 0.2) is 127 Å². The lowest BCUT2D eigenvalue weighted by Crippen LogP contribution is -2.65. The third-order valence-electron chi connectivity index (χ3n) is 11.4. The van der Waals surface area contributed by atoms with Crippen molar-refractivity contribution in [3.05, 3.63) is 130 Å². The van der Waals surface area contributed by atoms with Gasteiger partial charge in [0.15, 0.2) is 34.9 Å². The molecule has 6 aliphatic rings. The molecule has 12 rings (SSSR count). The average molecular weight is 803 g/mol. The highest BCUT2D eigenvalue weighted by Crippen LogP contribution is 2.44. The van der Waals surface area contributed by atoms with Crippen molar-refractivity contribution in [1.29, 1.82) is 0 Å². The molecule has 0 N–H and O–H groups in total. The van der Waals surface area contributed by atoms with Crippen LogP contribution in [0.4, 0.5) is 11.6 Å². The van der Waals surface area contributed by atoms with E-state index in [2.05, 4.69) is 32.7 Å². The number of aromatic nitrogens is 2. The zero-order valence-electron chi connectivity index (χ0n) is 32.7. The molecule has 0 amide bonds. The van der Waals surface area contributed by atoms with Crippen molar-refractivity contribution in [3.8, 4) is 0 Å². The molecule has 0 saturated carbocycles. The Labute approximate surface area is 338 Å². The molecule has 2 fully saturated rings. The van der Waals surface area contributed by atoms with Crippen molar-refractivity contribution < 1.29 is 27.8 Å². The van der Waals surface area contributed by atoms with Crippen LogP contribution in [0.2, 0.25) is 0 Å². The predicted molar refractivity (Wildman–Crippen MR) is 223 cm³/mol. The Morgan fingerprint density at radius 1 is 0.508 bits per heavy atom. The highest BCUT2D eigenvalue weighted by molar-refractivity contribution is 6.66. The van der Waals surface area contributed by atoms with Gasteiger partial charge in [0.25, 0.3) is 0 Å². The number of amidine groups is 4. The van der Waals surface area contributed by atoms with Gasteiger partial charge in [0.05, 0.1) is 26.4 Å². The zero-order valence-corrected chi connectivity index (χ0v) is 33.7. The summed E-state index contributed by atoms with van der Waals surface area (Å²) in [6.45, 7) is 8.46. The summed E-state index contributed by atoms with van der Waals surface area (Å²) in [5.74, 6) is 1.58. The van der Waals surface area contributed by atoms with Crippen LogP contribution in [0, 0.1) is 0 Å². The minimum atomic E-state index is -4.39. The zero-order chi connectivity index (χ0) is 39.7. The van der Waals surface area contributed by atoms with E-state index in [1.165, 1.54) is 0 Å². The van der Waals surface area contributed by atoms with E-state index < -0.39 is 32.7 Å². The van der Waals surface area contributed by atoms with Crippen LogP contribution >= 0.6 is 0 Å². The van der Waals surface area contributed by atoms with E-state index in [1.807, 2.05) is 100 Å². The first-order chi connectivity index (χ1) is 28.6. The minimum Gasteiger partial charge on any atom is -0.358 e. The number of hydrogen-bond donors (Lipinski definition) is 0. The summed E-state index contributed by atoms with van der Waals surface area (Å²) in [4.78, 5) is 32.2. The first kappa shape index (κ1) is 35.2. The van der Waals surface area contributed by atoms with E-state index in [1.54, 1.807) is 0 Å². The molecule has 2 aromatic heterocycles. The molecular formula is C44H38N8O6Si. The summed E-state index contributed by atoms with van der Waals surface area (Å²) in [5, 5.41) is 3.32. The molecule has 0 aliphatic carbocycles. The fraction of sp³-hybridized carbons (Fsp3) is 0.273. The van der Waals surface area contributed by atoms with Crippen LogP contribution in [-0.4, -0.2) is 90.9 Å². The van der Waals surface area contributed by atoms with Crippen molar-refractivity contribution in [2.75, 3.05) is 26.4 Å². The van der Waals surface area contributed by atoms with Gasteiger partial charge in [-0.2, -0.15) is 0 Å². The summed E-state index contributed by atoms with van der Waals surface area (Å²) in [6.07, 6.45) is -0.859. The number of nitrogens with zero attached hydrogens (tertiary/aromatic N) is 8. The summed E-state index contributed by atoms with van der Waals surface area (Å²) >= 11 is 0. The maximum Gasteiger partial charge on any atom is 0.603 e. The standard InChI is InChI=1S/C44H38N8O6Si/c1-43(2)53-21-25(57-43)23-55-59(56-24-26-22-54-44(3,4)58-26)51-39-31-17-9-10-18-32(31)41(51)49-37-29-15-7-8-16-30(29)38(46-37)50-42-34-20-12-11-19-33(34)40(52(42)59)48-36-28-14-6-5-13-27(28)35(45-36)47-39/h5-20,25-26H,21-24H2,1-4H3. The quantitative estimate of drug-likeness (QED) is 0.198. The second kappa shape index (κ2) is 12.6. The molecule has 6 aromatic rings. The summed E-state index contributed by atoms with van der Waals surface area (Å²) in [5.41, 5.74) is 4.56. The van der Waals surface area contributed by atoms with Gasteiger partial charge in [-0.05, 0) is 27.7 Å². The second-order valence-corrected chi connectivity index (χ2v) is 18.8. The van der Waals surface area contributed by atoms with E-state index in [4.69, 9.17) is 57.8 Å². The van der Waals surface area contributed by atoms with E-state index in [-0.39, 0.29) is 13.2 Å². The minimum absolute atomic E-state index is 0.0967. The molecule has 59 heavy (non-hydrogen) atoms. The first-order valence-electron chi connectivity index (χ1n) is 19.8. The van der Waals surface area contributed by atoms with Crippen molar-refractivity contribution in [2.45, 2.75) is 51.5 Å². The maximum absolute atomic E-state index is 7.60. The molecule has 0 spiro atoms. The van der Waals surface area contributed by atoms with Crippen LogP contribution in [0.1, 0.15) is 49.9 Å².